The number of rotatable bonds is 1. The molecule has 0 amide bonds. The lowest BCUT2D eigenvalue weighted by Crippen LogP contribution is -2.26. The van der Waals surface area contributed by atoms with Gasteiger partial charge in [-0.05, 0) is 0 Å². The van der Waals surface area contributed by atoms with Gasteiger partial charge >= 0.3 is 6.03 Å². The molecule has 112 valence electrons. The number of hydrogen-bond acceptors (Lipinski definition) is 5. The summed E-state index contributed by atoms with van der Waals surface area (Å²) in [6.07, 6.45) is 2.43. The van der Waals surface area contributed by atoms with Crippen LogP contribution in [0.3, 0.4) is 0 Å². The first-order chi connectivity index (χ1) is 10.5. The fourth-order valence-corrected chi connectivity index (χ4v) is 2.11. The molecule has 0 N–H and O–H groups in total. The van der Waals surface area contributed by atoms with Crippen molar-refractivity contribution in [3.05, 3.63) is 48.8 Å². The van der Waals surface area contributed by atoms with Gasteiger partial charge in [0.1, 0.15) is 12.7 Å². The van der Waals surface area contributed by atoms with E-state index < -0.39 is 9.82 Å². The predicted octanol–water partition coefficient (Wildman–Crippen LogP) is 2.88. The van der Waals surface area contributed by atoms with Crippen molar-refractivity contribution in [3.8, 4) is 11.4 Å². The minimum absolute atomic E-state index is 0.128. The highest BCUT2D eigenvalue weighted by Gasteiger charge is 2.34. The fourth-order valence-electron chi connectivity index (χ4n) is 1.74. The van der Waals surface area contributed by atoms with Gasteiger partial charge in [-0.3, -0.25) is 0 Å². The first kappa shape index (κ1) is 15.0. The van der Waals surface area contributed by atoms with Gasteiger partial charge in [-0.1, -0.05) is 65.1 Å². The average Bonchev–Trinajstić information content (AvgIpc) is 3.16. The first-order valence-electron chi connectivity index (χ1n) is 5.96. The molecule has 7 nitrogen and oxygen atoms in total. The molecule has 0 aliphatic rings. The molecule has 0 atom stereocenters. The average molecular weight is 358 g/mol. The van der Waals surface area contributed by atoms with E-state index in [9.17, 15) is 4.79 Å². The summed E-state index contributed by atoms with van der Waals surface area (Å²) in [6, 6.07) is 8.36. The van der Waals surface area contributed by atoms with Gasteiger partial charge in [-0.25, -0.2) is 14.8 Å². The van der Waals surface area contributed by atoms with Crippen molar-refractivity contribution < 1.29 is 4.79 Å². The molecule has 1 aromatic carbocycles. The molecule has 0 aliphatic heterocycles. The van der Waals surface area contributed by atoms with E-state index in [0.29, 0.717) is 5.56 Å². The van der Waals surface area contributed by atoms with Crippen LogP contribution in [0.4, 0.5) is 4.79 Å². The van der Waals surface area contributed by atoms with Crippen LogP contribution in [-0.4, -0.2) is 35.6 Å². The third-order valence-corrected chi connectivity index (χ3v) is 3.20. The smallest absolute Gasteiger partial charge is 0.243 e. The van der Waals surface area contributed by atoms with E-state index in [4.69, 9.17) is 34.8 Å². The second-order valence-corrected chi connectivity index (χ2v) is 6.44. The number of nitrogens with zero attached hydrogens (tertiary/aromatic N) is 6. The van der Waals surface area contributed by atoms with Gasteiger partial charge in [0.25, 0.3) is 0 Å². The summed E-state index contributed by atoms with van der Waals surface area (Å²) in [6.45, 7) is 0. The highest BCUT2D eigenvalue weighted by molar-refractivity contribution is 6.66. The van der Waals surface area contributed by atoms with Crippen LogP contribution in [0.25, 0.3) is 11.4 Å². The normalized spacial score (nSPS) is 11.6. The number of hydrogen-bond donors (Lipinski definition) is 0. The molecule has 2 heterocycles. The third kappa shape index (κ3) is 2.83. The van der Waals surface area contributed by atoms with E-state index in [0.717, 1.165) is 9.36 Å². The summed E-state index contributed by atoms with van der Waals surface area (Å²) >= 11 is 17.6. The maximum Gasteiger partial charge on any atom is 0.372 e. The Morgan fingerprint density at radius 2 is 1.86 bits per heavy atom. The molecule has 0 fully saturated rings. The Morgan fingerprint density at radius 1 is 1.14 bits per heavy atom. The van der Waals surface area contributed by atoms with E-state index in [1.807, 2.05) is 18.2 Å². The molecule has 0 radical (unpaired) electrons. The molecule has 3 aromatic rings. The monoisotopic (exact) mass is 356 g/mol. The summed E-state index contributed by atoms with van der Waals surface area (Å²) in [7, 11) is 0. The molecule has 0 unspecified atom stereocenters. The summed E-state index contributed by atoms with van der Waals surface area (Å²) in [5.41, 5.74) is 0.683. The van der Waals surface area contributed by atoms with E-state index in [1.165, 1.54) is 12.7 Å². The van der Waals surface area contributed by atoms with E-state index in [1.54, 1.807) is 12.1 Å². The van der Waals surface area contributed by atoms with Crippen molar-refractivity contribution >= 4 is 40.8 Å². The van der Waals surface area contributed by atoms with Crippen LogP contribution in [-0.2, 0) is 3.79 Å². The van der Waals surface area contributed by atoms with E-state index >= 15 is 0 Å². The van der Waals surface area contributed by atoms with Gasteiger partial charge in [0.2, 0.25) is 3.79 Å². The highest BCUT2D eigenvalue weighted by atomic mass is 35.6. The van der Waals surface area contributed by atoms with Gasteiger partial charge in [-0.2, -0.15) is 14.5 Å². The number of alkyl halides is 3. The van der Waals surface area contributed by atoms with Crippen LogP contribution in [0.1, 0.15) is 5.82 Å². The quantitative estimate of drug-likeness (QED) is 0.626. The minimum atomic E-state index is -1.92. The molecule has 10 heteroatoms. The van der Waals surface area contributed by atoms with E-state index in [2.05, 4.69) is 20.2 Å². The van der Waals surface area contributed by atoms with Crippen molar-refractivity contribution in [1.29, 1.82) is 0 Å². The predicted molar refractivity (Wildman–Crippen MR) is 80.9 cm³/mol. The molecule has 0 saturated carbocycles. The van der Waals surface area contributed by atoms with Gasteiger partial charge in [0.15, 0.2) is 11.6 Å². The number of halogens is 3. The van der Waals surface area contributed by atoms with E-state index in [-0.39, 0.29) is 11.6 Å². The minimum Gasteiger partial charge on any atom is -0.243 e. The van der Waals surface area contributed by atoms with Gasteiger partial charge < -0.3 is 0 Å². The standard InChI is InChI=1S/C12H7Cl3N6O/c13-12(14,15)10-18-9(8-4-2-1-3-5-8)19-21(10)11(22)20-7-16-6-17-20/h1-7H. The van der Waals surface area contributed by atoms with Crippen LogP contribution in [0.5, 0.6) is 0 Å². The van der Waals surface area contributed by atoms with Gasteiger partial charge in [0.05, 0.1) is 0 Å². The van der Waals surface area contributed by atoms with Crippen LogP contribution in [0, 0.1) is 0 Å². The SMILES string of the molecule is O=C(n1cncn1)n1nc(-c2ccccc2)nc1C(Cl)(Cl)Cl. The number of carbonyl (C=O) groups is 1. The zero-order valence-corrected chi connectivity index (χ0v) is 13.0. The Morgan fingerprint density at radius 3 is 2.45 bits per heavy atom. The maximum absolute atomic E-state index is 12.4. The Labute approximate surface area is 139 Å². The molecule has 0 aliphatic carbocycles. The van der Waals surface area contributed by atoms with Crippen molar-refractivity contribution in [2.45, 2.75) is 3.79 Å². The second-order valence-electron chi connectivity index (χ2n) is 4.16. The Kier molecular flexibility index (Phi) is 3.86. The van der Waals surface area contributed by atoms with Crippen LogP contribution < -0.4 is 0 Å². The fraction of sp³-hybridized carbons (Fsp3) is 0.0833. The topological polar surface area (TPSA) is 78.5 Å². The van der Waals surface area contributed by atoms with Crippen LogP contribution >= 0.6 is 34.8 Å². The molecule has 0 bridgehead atoms. The zero-order valence-electron chi connectivity index (χ0n) is 10.8. The van der Waals surface area contributed by atoms with Crippen LogP contribution in [0.15, 0.2) is 43.0 Å². The Hall–Kier alpha value is -1.96. The lowest BCUT2D eigenvalue weighted by Gasteiger charge is -2.09. The second kappa shape index (κ2) is 5.68. The van der Waals surface area contributed by atoms with Crippen molar-refractivity contribution in [2.75, 3.05) is 0 Å². The zero-order chi connectivity index (χ0) is 15.7. The van der Waals surface area contributed by atoms with Crippen LogP contribution in [0.2, 0.25) is 0 Å². The lowest BCUT2D eigenvalue weighted by molar-refractivity contribution is 0.237. The third-order valence-electron chi connectivity index (χ3n) is 2.69. The maximum atomic E-state index is 12.4. The first-order valence-corrected chi connectivity index (χ1v) is 7.09. The molecular weight excluding hydrogens is 351 g/mol. The number of aromatic nitrogens is 6. The Balaban J connectivity index is 2.12. The summed E-state index contributed by atoms with van der Waals surface area (Å²) in [4.78, 5) is 20.2. The largest absolute Gasteiger partial charge is 0.372 e. The highest BCUT2D eigenvalue weighted by Crippen LogP contribution is 2.37. The summed E-state index contributed by atoms with van der Waals surface area (Å²) < 4.78 is -0.0658. The van der Waals surface area contributed by atoms with Crippen molar-refractivity contribution in [3.63, 3.8) is 0 Å². The van der Waals surface area contributed by atoms with Crippen molar-refractivity contribution in [2.24, 2.45) is 0 Å². The van der Waals surface area contributed by atoms with Gasteiger partial charge in [0, 0.05) is 5.56 Å². The number of carbonyl (C=O) groups excluding carboxylic acids is 1. The molecule has 2 aromatic heterocycles. The van der Waals surface area contributed by atoms with Gasteiger partial charge in [-0.15, -0.1) is 5.10 Å². The summed E-state index contributed by atoms with van der Waals surface area (Å²) in [5.74, 6) is 0.132. The molecular formula is C12H7Cl3N6O. The lowest BCUT2D eigenvalue weighted by atomic mass is 10.2. The van der Waals surface area contributed by atoms with Crippen molar-refractivity contribution in [1.82, 2.24) is 29.5 Å². The molecule has 0 saturated heterocycles. The Bertz CT molecular complexity index is 794. The summed E-state index contributed by atoms with van der Waals surface area (Å²) in [5, 5.41) is 7.85. The molecule has 0 spiro atoms. The molecule has 3 rings (SSSR count). The molecule has 22 heavy (non-hydrogen) atoms. The number of benzene rings is 1.